The highest BCUT2D eigenvalue weighted by molar-refractivity contribution is 5.18. The molecule has 62 valence electrons. The first-order valence-electron chi connectivity index (χ1n) is 4.42. The summed E-state index contributed by atoms with van der Waals surface area (Å²) in [6.07, 6.45) is 5.06. The smallest absolute Gasteiger partial charge is 0.0800 e. The van der Waals surface area contributed by atoms with E-state index in [0.29, 0.717) is 24.3 Å². The van der Waals surface area contributed by atoms with Gasteiger partial charge >= 0.3 is 0 Å². The Hall–Kier alpha value is -0.340. The highest BCUT2D eigenvalue weighted by atomic mass is 15.4. The number of hydrogen-bond donors (Lipinski definition) is 1. The van der Waals surface area contributed by atoms with Crippen molar-refractivity contribution in [3.63, 3.8) is 0 Å². The van der Waals surface area contributed by atoms with Crippen LogP contribution in [0.15, 0.2) is 12.2 Å². The molecule has 2 bridgehead atoms. The summed E-state index contributed by atoms with van der Waals surface area (Å²) < 4.78 is 0. The van der Waals surface area contributed by atoms with Crippen LogP contribution in [0.3, 0.4) is 0 Å². The van der Waals surface area contributed by atoms with E-state index in [1.807, 2.05) is 0 Å². The Balaban J connectivity index is 2.18. The molecule has 2 nitrogen and oxygen atoms in total. The normalized spacial score (nSPS) is 42.7. The molecule has 2 heteroatoms. The highest BCUT2D eigenvalue weighted by Crippen LogP contribution is 2.26. The van der Waals surface area contributed by atoms with Gasteiger partial charge in [-0.3, -0.25) is 10.2 Å². The second-order valence-electron chi connectivity index (χ2n) is 3.80. The van der Waals surface area contributed by atoms with Crippen molar-refractivity contribution in [3.8, 4) is 0 Å². The van der Waals surface area contributed by atoms with Gasteiger partial charge < -0.3 is 0 Å². The summed E-state index contributed by atoms with van der Waals surface area (Å²) in [5.74, 6) is 0. The monoisotopic (exact) mass is 152 g/mol. The van der Waals surface area contributed by atoms with Crippen LogP contribution in [0.4, 0.5) is 0 Å². The SMILES string of the molecule is CC(C)N1C2C=CC(N2)C1C. The van der Waals surface area contributed by atoms with Crippen LogP contribution in [0.5, 0.6) is 0 Å². The van der Waals surface area contributed by atoms with Gasteiger partial charge in [-0.25, -0.2) is 0 Å². The Morgan fingerprint density at radius 1 is 1.36 bits per heavy atom. The van der Waals surface area contributed by atoms with Crippen molar-refractivity contribution in [1.82, 2.24) is 10.2 Å². The molecule has 0 saturated carbocycles. The van der Waals surface area contributed by atoms with E-state index >= 15 is 0 Å². The Bertz CT molecular complexity index is 186. The zero-order valence-corrected chi connectivity index (χ0v) is 7.41. The van der Waals surface area contributed by atoms with E-state index in [0.717, 1.165) is 0 Å². The third-order valence-corrected chi connectivity index (χ3v) is 2.77. The molecule has 3 atom stereocenters. The van der Waals surface area contributed by atoms with Gasteiger partial charge in [-0.2, -0.15) is 0 Å². The van der Waals surface area contributed by atoms with E-state index < -0.39 is 0 Å². The lowest BCUT2D eigenvalue weighted by Crippen LogP contribution is -2.43. The predicted octanol–water partition coefficient (Wildman–Crippen LogP) is 0.953. The van der Waals surface area contributed by atoms with Gasteiger partial charge in [0.2, 0.25) is 0 Å². The minimum Gasteiger partial charge on any atom is -0.291 e. The first-order chi connectivity index (χ1) is 5.20. The van der Waals surface area contributed by atoms with Crippen LogP contribution in [0.2, 0.25) is 0 Å². The predicted molar refractivity (Wildman–Crippen MR) is 46.3 cm³/mol. The quantitative estimate of drug-likeness (QED) is 0.563. The Labute approximate surface area is 68.3 Å². The number of rotatable bonds is 1. The summed E-state index contributed by atoms with van der Waals surface area (Å²) in [5, 5.41) is 3.52. The van der Waals surface area contributed by atoms with Crippen LogP contribution in [-0.2, 0) is 0 Å². The molecule has 0 aliphatic carbocycles. The van der Waals surface area contributed by atoms with Crippen LogP contribution in [-0.4, -0.2) is 29.2 Å². The lowest BCUT2D eigenvalue weighted by molar-refractivity contribution is 0.171. The molecule has 1 saturated heterocycles. The van der Waals surface area contributed by atoms with Crippen molar-refractivity contribution in [2.75, 3.05) is 0 Å². The molecule has 2 aliphatic heterocycles. The van der Waals surface area contributed by atoms with Gasteiger partial charge in [-0.15, -0.1) is 0 Å². The van der Waals surface area contributed by atoms with Crippen LogP contribution in [0.25, 0.3) is 0 Å². The second kappa shape index (κ2) is 2.32. The maximum Gasteiger partial charge on any atom is 0.0800 e. The molecule has 0 aromatic carbocycles. The summed E-state index contributed by atoms with van der Waals surface area (Å²) in [7, 11) is 0. The van der Waals surface area contributed by atoms with Gasteiger partial charge in [-0.1, -0.05) is 12.2 Å². The zero-order valence-electron chi connectivity index (χ0n) is 7.41. The van der Waals surface area contributed by atoms with Crippen molar-refractivity contribution in [1.29, 1.82) is 0 Å². The maximum atomic E-state index is 3.52. The molecule has 1 fully saturated rings. The van der Waals surface area contributed by atoms with Crippen molar-refractivity contribution in [3.05, 3.63) is 12.2 Å². The third-order valence-electron chi connectivity index (χ3n) is 2.77. The molecule has 2 rings (SSSR count). The van der Waals surface area contributed by atoms with Crippen molar-refractivity contribution in [2.24, 2.45) is 0 Å². The number of fused-ring (bicyclic) bond motifs is 2. The molecule has 0 radical (unpaired) electrons. The van der Waals surface area contributed by atoms with E-state index in [1.165, 1.54) is 0 Å². The molecule has 2 heterocycles. The van der Waals surface area contributed by atoms with E-state index in [1.54, 1.807) is 0 Å². The van der Waals surface area contributed by atoms with Gasteiger partial charge in [0.15, 0.2) is 0 Å². The maximum absolute atomic E-state index is 3.52. The standard InChI is InChI=1S/C9H16N2/c1-6(2)11-7(3)8-4-5-9(11)10-8/h4-10H,1-3H3. The first-order valence-corrected chi connectivity index (χ1v) is 4.42. The molecular formula is C9H16N2. The minimum atomic E-state index is 0.509. The number of hydrogen-bond acceptors (Lipinski definition) is 2. The molecule has 1 N–H and O–H groups in total. The molecule has 0 aromatic heterocycles. The summed E-state index contributed by atoms with van der Waals surface area (Å²) in [6.45, 7) is 6.81. The lowest BCUT2D eigenvalue weighted by atomic mass is 10.1. The largest absolute Gasteiger partial charge is 0.291 e. The average Bonchev–Trinajstić information content (AvgIpc) is 2.44. The summed E-state index contributed by atoms with van der Waals surface area (Å²) >= 11 is 0. The Morgan fingerprint density at radius 3 is 2.45 bits per heavy atom. The summed E-state index contributed by atoms with van der Waals surface area (Å²) in [4.78, 5) is 2.52. The van der Waals surface area contributed by atoms with Gasteiger partial charge in [0, 0.05) is 18.1 Å². The minimum absolute atomic E-state index is 0.509. The second-order valence-corrected chi connectivity index (χ2v) is 3.80. The molecule has 0 spiro atoms. The van der Waals surface area contributed by atoms with E-state index in [9.17, 15) is 0 Å². The van der Waals surface area contributed by atoms with Crippen LogP contribution < -0.4 is 5.32 Å². The summed E-state index contributed by atoms with van der Waals surface area (Å²) in [5.41, 5.74) is 0. The van der Waals surface area contributed by atoms with E-state index in [4.69, 9.17) is 0 Å². The molecule has 11 heavy (non-hydrogen) atoms. The van der Waals surface area contributed by atoms with Gasteiger partial charge in [0.05, 0.1) is 6.17 Å². The lowest BCUT2D eigenvalue weighted by Gasteiger charge is -2.31. The fraction of sp³-hybridized carbons (Fsp3) is 0.778. The van der Waals surface area contributed by atoms with Crippen molar-refractivity contribution in [2.45, 2.75) is 45.1 Å². The van der Waals surface area contributed by atoms with Crippen LogP contribution in [0.1, 0.15) is 20.8 Å². The molecule has 3 unspecified atom stereocenters. The Kier molecular flexibility index (Phi) is 1.55. The zero-order chi connectivity index (χ0) is 8.01. The fourth-order valence-electron chi connectivity index (χ4n) is 2.25. The number of nitrogens with one attached hydrogen (secondary N) is 1. The topological polar surface area (TPSA) is 15.3 Å². The molecule has 0 aromatic rings. The molecular weight excluding hydrogens is 136 g/mol. The van der Waals surface area contributed by atoms with E-state index in [2.05, 4.69) is 43.1 Å². The molecule has 0 amide bonds. The third kappa shape index (κ3) is 0.932. The molecule has 2 aliphatic rings. The van der Waals surface area contributed by atoms with Gasteiger partial charge in [0.25, 0.3) is 0 Å². The first kappa shape index (κ1) is 7.32. The summed E-state index contributed by atoms with van der Waals surface area (Å²) in [6, 6.07) is 1.92. The van der Waals surface area contributed by atoms with E-state index in [-0.39, 0.29) is 0 Å². The Morgan fingerprint density at radius 2 is 2.09 bits per heavy atom. The van der Waals surface area contributed by atoms with Gasteiger partial charge in [-0.05, 0) is 20.8 Å². The van der Waals surface area contributed by atoms with Crippen molar-refractivity contribution >= 4 is 0 Å². The van der Waals surface area contributed by atoms with Crippen molar-refractivity contribution < 1.29 is 0 Å². The average molecular weight is 152 g/mol. The fourth-order valence-corrected chi connectivity index (χ4v) is 2.25. The van der Waals surface area contributed by atoms with Crippen LogP contribution in [0, 0.1) is 0 Å². The van der Waals surface area contributed by atoms with Gasteiger partial charge in [0.1, 0.15) is 0 Å². The highest BCUT2D eigenvalue weighted by Gasteiger charge is 2.40. The number of nitrogens with zero attached hydrogens (tertiary/aromatic N) is 1. The van der Waals surface area contributed by atoms with Crippen LogP contribution >= 0.6 is 0 Å².